The average molecular weight is 539 g/mol. The molecular formula is C24H26ClF3N6O3. The summed E-state index contributed by atoms with van der Waals surface area (Å²) >= 11 is 6.02. The van der Waals surface area contributed by atoms with Gasteiger partial charge in [-0.2, -0.15) is 18.3 Å². The third-order valence-electron chi connectivity index (χ3n) is 5.67. The fourth-order valence-electron chi connectivity index (χ4n) is 4.02. The van der Waals surface area contributed by atoms with Crippen molar-refractivity contribution in [1.82, 2.24) is 24.8 Å². The second-order valence-corrected chi connectivity index (χ2v) is 9.42. The highest BCUT2D eigenvalue weighted by Crippen LogP contribution is 2.33. The average Bonchev–Trinajstić information content (AvgIpc) is 3.45. The summed E-state index contributed by atoms with van der Waals surface area (Å²) in [6.07, 6.45) is 1.63. The Balaban J connectivity index is 1.60. The smallest absolute Gasteiger partial charge is 0.430 e. The van der Waals surface area contributed by atoms with Gasteiger partial charge >= 0.3 is 12.3 Å². The van der Waals surface area contributed by atoms with Crippen molar-refractivity contribution in [2.24, 2.45) is 7.05 Å². The Morgan fingerprint density at radius 1 is 1.19 bits per heavy atom. The van der Waals surface area contributed by atoms with E-state index in [1.165, 1.54) is 11.1 Å². The van der Waals surface area contributed by atoms with E-state index in [4.69, 9.17) is 21.2 Å². The maximum Gasteiger partial charge on any atom is 0.528 e. The van der Waals surface area contributed by atoms with Crippen molar-refractivity contribution in [2.45, 2.75) is 45.1 Å². The summed E-state index contributed by atoms with van der Waals surface area (Å²) in [6, 6.07) is 3.17. The minimum absolute atomic E-state index is 0.0227. The number of nitrogens with zero attached hydrogens (tertiary/aromatic N) is 6. The number of hydroxylamine groups is 2. The molecule has 0 bridgehead atoms. The van der Waals surface area contributed by atoms with Crippen LogP contribution in [0.3, 0.4) is 0 Å². The Kier molecular flexibility index (Phi) is 7.88. The minimum atomic E-state index is -4.54. The van der Waals surface area contributed by atoms with Gasteiger partial charge in [0.2, 0.25) is 5.95 Å². The van der Waals surface area contributed by atoms with Gasteiger partial charge in [-0.1, -0.05) is 11.6 Å². The number of hydrogen-bond donors (Lipinski definition) is 0. The maximum absolute atomic E-state index is 13.4. The Morgan fingerprint density at radius 2 is 1.92 bits per heavy atom. The molecule has 0 N–H and O–H groups in total. The van der Waals surface area contributed by atoms with Crippen molar-refractivity contribution in [3.63, 3.8) is 0 Å². The summed E-state index contributed by atoms with van der Waals surface area (Å²) in [4.78, 5) is 28.0. The van der Waals surface area contributed by atoms with Gasteiger partial charge in [0.1, 0.15) is 0 Å². The van der Waals surface area contributed by atoms with Crippen LogP contribution in [0.1, 0.15) is 31.4 Å². The fraction of sp³-hybridized carbons (Fsp3) is 0.417. The first-order chi connectivity index (χ1) is 17.5. The van der Waals surface area contributed by atoms with Crippen molar-refractivity contribution in [2.75, 3.05) is 18.0 Å². The van der Waals surface area contributed by atoms with Crippen LogP contribution in [0.2, 0.25) is 5.02 Å². The van der Waals surface area contributed by atoms with Crippen LogP contribution in [-0.2, 0) is 29.3 Å². The predicted molar refractivity (Wildman–Crippen MR) is 130 cm³/mol. The second kappa shape index (κ2) is 10.9. The van der Waals surface area contributed by atoms with E-state index >= 15 is 0 Å². The number of hydrogen-bond acceptors (Lipinski definition) is 8. The van der Waals surface area contributed by atoms with Crippen molar-refractivity contribution in [3.8, 4) is 11.1 Å². The zero-order chi connectivity index (χ0) is 26.7. The van der Waals surface area contributed by atoms with Crippen molar-refractivity contribution in [1.29, 1.82) is 0 Å². The topological polar surface area (TPSA) is 85.6 Å². The lowest BCUT2D eigenvalue weighted by atomic mass is 10.1. The van der Waals surface area contributed by atoms with E-state index in [1.807, 2.05) is 6.20 Å². The molecule has 13 heteroatoms. The Bertz CT molecular complexity index is 1240. The van der Waals surface area contributed by atoms with Crippen LogP contribution in [0.15, 0.2) is 43.0 Å². The molecule has 1 aliphatic heterocycles. The number of benzene rings is 1. The molecular weight excluding hydrogens is 513 g/mol. The maximum atomic E-state index is 13.4. The molecule has 1 aromatic carbocycles. The first-order valence-corrected chi connectivity index (χ1v) is 11.9. The highest BCUT2D eigenvalue weighted by atomic mass is 35.5. The van der Waals surface area contributed by atoms with Gasteiger partial charge in [0.25, 0.3) is 0 Å². The number of carbonyl (C=O) groups excluding carboxylic acids is 1. The van der Waals surface area contributed by atoms with E-state index in [9.17, 15) is 18.0 Å². The lowest BCUT2D eigenvalue weighted by Crippen LogP contribution is -2.39. The third kappa shape index (κ3) is 6.89. The Labute approximate surface area is 216 Å². The van der Waals surface area contributed by atoms with Gasteiger partial charge in [0.05, 0.1) is 24.4 Å². The van der Waals surface area contributed by atoms with Crippen LogP contribution in [-0.4, -0.2) is 56.2 Å². The molecule has 9 nitrogen and oxygen atoms in total. The van der Waals surface area contributed by atoms with Gasteiger partial charge in [0.15, 0.2) is 0 Å². The van der Waals surface area contributed by atoms with Crippen LogP contribution in [0, 0.1) is 0 Å². The number of carbonyl (C=O) groups is 1. The molecule has 2 aromatic heterocycles. The molecule has 0 spiro atoms. The van der Waals surface area contributed by atoms with Gasteiger partial charge in [-0.25, -0.2) is 14.8 Å². The summed E-state index contributed by atoms with van der Waals surface area (Å²) in [6.45, 7) is 4.18. The zero-order valence-electron chi connectivity index (χ0n) is 20.4. The molecule has 1 atom stereocenters. The molecule has 0 radical (unpaired) electrons. The monoisotopic (exact) mass is 538 g/mol. The van der Waals surface area contributed by atoms with E-state index in [2.05, 4.69) is 15.1 Å². The van der Waals surface area contributed by atoms with E-state index in [-0.39, 0.29) is 30.3 Å². The largest absolute Gasteiger partial charge is 0.528 e. The molecule has 0 unspecified atom stereocenters. The van der Waals surface area contributed by atoms with Crippen LogP contribution >= 0.6 is 11.6 Å². The summed E-state index contributed by atoms with van der Waals surface area (Å²) < 4.78 is 46.9. The molecule has 1 aliphatic rings. The zero-order valence-corrected chi connectivity index (χ0v) is 21.2. The lowest BCUT2D eigenvalue weighted by Gasteiger charge is -2.29. The van der Waals surface area contributed by atoms with Gasteiger partial charge in [-0.05, 0) is 44.0 Å². The molecule has 3 heterocycles. The molecule has 0 amide bonds. The second-order valence-electron chi connectivity index (χ2n) is 8.99. The number of aromatic nitrogens is 4. The van der Waals surface area contributed by atoms with E-state index in [0.29, 0.717) is 24.5 Å². The third-order valence-corrected chi connectivity index (χ3v) is 5.89. The van der Waals surface area contributed by atoms with Crippen molar-refractivity contribution < 1.29 is 27.5 Å². The molecule has 0 aliphatic carbocycles. The van der Waals surface area contributed by atoms with Crippen LogP contribution < -0.4 is 4.90 Å². The summed E-state index contributed by atoms with van der Waals surface area (Å²) in [5, 5.41) is 5.59. The normalized spacial score (nSPS) is 16.3. The van der Waals surface area contributed by atoms with Gasteiger partial charge in [-0.15, -0.1) is 5.06 Å². The number of alkyl halides is 3. The molecule has 1 saturated heterocycles. The molecule has 1 fully saturated rings. The van der Waals surface area contributed by atoms with Gasteiger partial charge in [-0.3, -0.25) is 4.68 Å². The molecule has 3 aromatic rings. The molecule has 37 heavy (non-hydrogen) atoms. The first-order valence-electron chi connectivity index (χ1n) is 11.6. The Morgan fingerprint density at radius 3 is 2.54 bits per heavy atom. The van der Waals surface area contributed by atoms with Crippen LogP contribution in [0.5, 0.6) is 0 Å². The SMILES string of the molecule is CC(C)OC(=O)ON1CC[C@H](N(Cc2cc(Cl)cc(C(F)(F)F)c2)c2ncc(-c3cnn(C)c3)cn2)C1. The number of ether oxygens (including phenoxy) is 1. The van der Waals surface area contributed by atoms with Gasteiger partial charge < -0.3 is 14.5 Å². The fourth-order valence-corrected chi connectivity index (χ4v) is 4.28. The summed E-state index contributed by atoms with van der Waals surface area (Å²) in [7, 11) is 1.80. The van der Waals surface area contributed by atoms with Crippen molar-refractivity contribution >= 4 is 23.7 Å². The van der Waals surface area contributed by atoms with E-state index in [1.54, 1.807) is 49.1 Å². The van der Waals surface area contributed by atoms with Gasteiger partial charge in [0, 0.05) is 60.9 Å². The highest BCUT2D eigenvalue weighted by molar-refractivity contribution is 6.30. The lowest BCUT2D eigenvalue weighted by molar-refractivity contribution is -0.137. The van der Waals surface area contributed by atoms with E-state index < -0.39 is 17.9 Å². The standard InChI is InChI=1S/C24H26ClF3N6O3/c1-15(2)36-23(35)37-33-5-4-21(14-33)34(12-16-6-19(24(26,27)28)8-20(25)7-16)22-29-9-17(10-30-22)18-11-31-32(3)13-18/h6-11,13,15,21H,4-5,12,14H2,1-3H3/t21-/m0/s1. The van der Waals surface area contributed by atoms with Crippen molar-refractivity contribution in [3.05, 3.63) is 59.1 Å². The van der Waals surface area contributed by atoms with Crippen LogP contribution in [0.4, 0.5) is 23.9 Å². The number of halogens is 4. The van der Waals surface area contributed by atoms with Crippen LogP contribution in [0.25, 0.3) is 11.1 Å². The molecule has 0 saturated carbocycles. The summed E-state index contributed by atoms with van der Waals surface area (Å²) in [5.41, 5.74) is 1.08. The minimum Gasteiger partial charge on any atom is -0.430 e. The number of anilines is 1. The number of aryl methyl sites for hydroxylation is 1. The van der Waals surface area contributed by atoms with E-state index in [0.717, 1.165) is 23.3 Å². The Hall–Kier alpha value is -3.38. The predicted octanol–water partition coefficient (Wildman–Crippen LogP) is 5.11. The molecule has 4 rings (SSSR count). The first kappa shape index (κ1) is 26.7. The number of rotatable bonds is 7. The highest BCUT2D eigenvalue weighted by Gasteiger charge is 2.34. The quantitative estimate of drug-likeness (QED) is 0.384. The summed E-state index contributed by atoms with van der Waals surface area (Å²) in [5.74, 6) is 0.317. The molecule has 198 valence electrons.